The lowest BCUT2D eigenvalue weighted by molar-refractivity contribution is -0.111. The van der Waals surface area contributed by atoms with Crippen molar-refractivity contribution in [1.82, 2.24) is 20.1 Å². The Morgan fingerprint density at radius 3 is 2.65 bits per heavy atom. The Balaban J connectivity index is 1.67. The highest BCUT2D eigenvalue weighted by Gasteiger charge is 2.42. The second kappa shape index (κ2) is 12.2. The lowest BCUT2D eigenvalue weighted by Gasteiger charge is -2.35. The van der Waals surface area contributed by atoms with Gasteiger partial charge < -0.3 is 36.6 Å². The summed E-state index contributed by atoms with van der Waals surface area (Å²) in [6.45, 7) is 10.5. The summed E-state index contributed by atoms with van der Waals surface area (Å²) in [6, 6.07) is 3.11. The summed E-state index contributed by atoms with van der Waals surface area (Å²) in [5, 5.41) is 5.77. The van der Waals surface area contributed by atoms with E-state index in [1.807, 2.05) is 13.8 Å². The SMILES string of the molecule is C=CC(=O)Nc1ccc(N=C(N)C2=C(N)C(C)(C)N(C(=O)NC[C@H](CN(C)C)C3CCOCC3)C2)nc1. The van der Waals surface area contributed by atoms with E-state index < -0.39 is 5.54 Å². The molecule has 1 atom stereocenters. The predicted molar refractivity (Wildman–Crippen MR) is 145 cm³/mol. The van der Waals surface area contributed by atoms with Gasteiger partial charge in [-0.2, -0.15) is 0 Å². The van der Waals surface area contributed by atoms with Gasteiger partial charge in [-0.15, -0.1) is 0 Å². The van der Waals surface area contributed by atoms with Gasteiger partial charge in [0.15, 0.2) is 5.82 Å². The van der Waals surface area contributed by atoms with Crippen LogP contribution in [0.2, 0.25) is 0 Å². The van der Waals surface area contributed by atoms with Gasteiger partial charge in [0, 0.05) is 37.6 Å². The standard InChI is InChI=1S/C26H40N8O3/c1-6-22(35)31-19-7-8-21(29-14-19)32-24(28)20-16-34(26(2,3)23(20)27)25(36)30-13-18(15-33(4)5)17-9-11-37-12-10-17/h6-8,14,17-18H,1,9-13,15-16,27H2,2-5H3,(H,30,36)(H,31,35)(H2,28,29,32)/t18-/m1/s1. The van der Waals surface area contributed by atoms with Crippen LogP contribution >= 0.6 is 0 Å². The number of anilines is 1. The number of pyridine rings is 1. The van der Waals surface area contributed by atoms with Crippen molar-refractivity contribution < 1.29 is 14.3 Å². The normalized spacial score (nSPS) is 19.2. The van der Waals surface area contributed by atoms with E-state index in [9.17, 15) is 9.59 Å². The number of urea groups is 1. The van der Waals surface area contributed by atoms with Crippen molar-refractivity contribution in [3.8, 4) is 0 Å². The molecule has 3 rings (SSSR count). The molecule has 2 aliphatic heterocycles. The number of hydrogen-bond donors (Lipinski definition) is 4. The van der Waals surface area contributed by atoms with Crippen molar-refractivity contribution in [2.75, 3.05) is 52.3 Å². The van der Waals surface area contributed by atoms with Gasteiger partial charge >= 0.3 is 6.03 Å². The van der Waals surface area contributed by atoms with Crippen LogP contribution in [-0.2, 0) is 9.53 Å². The van der Waals surface area contributed by atoms with Crippen LogP contribution in [0.4, 0.5) is 16.3 Å². The average Bonchev–Trinajstić information content (AvgIpc) is 3.11. The zero-order valence-electron chi connectivity index (χ0n) is 22.3. The van der Waals surface area contributed by atoms with Gasteiger partial charge in [0.2, 0.25) is 5.91 Å². The number of carbonyl (C=O) groups is 2. The molecule has 1 aromatic rings. The first-order valence-electron chi connectivity index (χ1n) is 12.5. The van der Waals surface area contributed by atoms with Gasteiger partial charge in [-0.25, -0.2) is 14.8 Å². The Labute approximate surface area is 219 Å². The maximum atomic E-state index is 13.3. The van der Waals surface area contributed by atoms with Gasteiger partial charge in [0.1, 0.15) is 5.84 Å². The molecule has 0 radical (unpaired) electrons. The number of aliphatic imine (C=N–C) groups is 1. The van der Waals surface area contributed by atoms with Crippen LogP contribution in [0.1, 0.15) is 26.7 Å². The summed E-state index contributed by atoms with van der Waals surface area (Å²) in [6.07, 6.45) is 4.67. The average molecular weight is 513 g/mol. The fourth-order valence-corrected chi connectivity index (χ4v) is 4.76. The van der Waals surface area contributed by atoms with Crippen molar-refractivity contribution in [2.24, 2.45) is 28.3 Å². The maximum absolute atomic E-state index is 13.3. The fourth-order valence-electron chi connectivity index (χ4n) is 4.76. The molecule has 2 aliphatic rings. The highest BCUT2D eigenvalue weighted by atomic mass is 16.5. The van der Waals surface area contributed by atoms with Crippen molar-refractivity contribution in [2.45, 2.75) is 32.2 Å². The molecular weight excluding hydrogens is 472 g/mol. The van der Waals surface area contributed by atoms with Crippen LogP contribution in [0.25, 0.3) is 0 Å². The van der Waals surface area contributed by atoms with Gasteiger partial charge in [-0.05, 0) is 70.8 Å². The zero-order valence-corrected chi connectivity index (χ0v) is 22.3. The Morgan fingerprint density at radius 1 is 1.35 bits per heavy atom. The van der Waals surface area contributed by atoms with E-state index in [1.165, 1.54) is 12.3 Å². The quantitative estimate of drug-likeness (QED) is 0.224. The zero-order chi connectivity index (χ0) is 27.2. The number of ether oxygens (including phenoxy) is 1. The number of nitrogens with two attached hydrogens (primary N) is 2. The van der Waals surface area contributed by atoms with Crippen LogP contribution in [0.15, 0.2) is 47.2 Å². The molecule has 11 nitrogen and oxygen atoms in total. The van der Waals surface area contributed by atoms with E-state index in [2.05, 4.69) is 46.2 Å². The van der Waals surface area contributed by atoms with Crippen molar-refractivity contribution >= 4 is 29.3 Å². The van der Waals surface area contributed by atoms with Crippen molar-refractivity contribution in [3.05, 3.63) is 42.3 Å². The largest absolute Gasteiger partial charge is 0.400 e. The first-order valence-corrected chi connectivity index (χ1v) is 12.5. The Bertz CT molecular complexity index is 1040. The summed E-state index contributed by atoms with van der Waals surface area (Å²) < 4.78 is 5.53. The van der Waals surface area contributed by atoms with Crippen LogP contribution in [-0.4, -0.2) is 85.0 Å². The lowest BCUT2D eigenvalue weighted by atomic mass is 9.85. The molecule has 1 saturated heterocycles. The van der Waals surface area contributed by atoms with Gasteiger partial charge in [0.25, 0.3) is 0 Å². The molecule has 37 heavy (non-hydrogen) atoms. The van der Waals surface area contributed by atoms with Crippen LogP contribution in [0.3, 0.4) is 0 Å². The Kier molecular flexibility index (Phi) is 9.28. The summed E-state index contributed by atoms with van der Waals surface area (Å²) in [5.41, 5.74) is 13.7. The number of amidine groups is 1. The molecule has 0 aliphatic carbocycles. The molecule has 1 aromatic heterocycles. The number of amides is 3. The summed E-state index contributed by atoms with van der Waals surface area (Å²) >= 11 is 0. The summed E-state index contributed by atoms with van der Waals surface area (Å²) in [5.74, 6) is 1.06. The molecule has 0 bridgehead atoms. The lowest BCUT2D eigenvalue weighted by Crippen LogP contribution is -2.52. The summed E-state index contributed by atoms with van der Waals surface area (Å²) in [7, 11) is 4.10. The van der Waals surface area contributed by atoms with E-state index in [-0.39, 0.29) is 24.3 Å². The van der Waals surface area contributed by atoms with Gasteiger partial charge in [0.05, 0.1) is 24.0 Å². The molecule has 0 aromatic carbocycles. The molecular formula is C26H40N8O3. The second-order valence-corrected chi connectivity index (χ2v) is 10.3. The smallest absolute Gasteiger partial charge is 0.318 e. The molecule has 202 valence electrons. The molecule has 0 saturated carbocycles. The highest BCUT2D eigenvalue weighted by molar-refractivity contribution is 6.01. The predicted octanol–water partition coefficient (Wildman–Crippen LogP) is 1.82. The van der Waals surface area contributed by atoms with E-state index in [0.717, 1.165) is 32.6 Å². The van der Waals surface area contributed by atoms with Crippen LogP contribution < -0.4 is 22.1 Å². The summed E-state index contributed by atoms with van der Waals surface area (Å²) in [4.78, 5) is 37.2. The minimum absolute atomic E-state index is 0.188. The molecule has 0 spiro atoms. The number of rotatable bonds is 9. The third-order valence-electron chi connectivity index (χ3n) is 7.01. The number of carbonyl (C=O) groups excluding carboxylic acids is 2. The van der Waals surface area contributed by atoms with E-state index >= 15 is 0 Å². The third-order valence-corrected chi connectivity index (χ3v) is 7.01. The first kappa shape index (κ1) is 28.1. The topological polar surface area (TPSA) is 151 Å². The number of nitrogens with one attached hydrogen (secondary N) is 2. The number of aromatic nitrogens is 1. The molecule has 0 unspecified atom stereocenters. The minimum Gasteiger partial charge on any atom is -0.400 e. The Hall–Kier alpha value is -3.44. The fraction of sp³-hybridized carbons (Fsp3) is 0.538. The first-order chi connectivity index (χ1) is 17.5. The molecule has 11 heteroatoms. The molecule has 3 heterocycles. The van der Waals surface area contributed by atoms with Gasteiger partial charge in [-0.3, -0.25) is 4.79 Å². The maximum Gasteiger partial charge on any atom is 0.318 e. The van der Waals surface area contributed by atoms with Crippen molar-refractivity contribution in [1.29, 1.82) is 0 Å². The van der Waals surface area contributed by atoms with Crippen molar-refractivity contribution in [3.63, 3.8) is 0 Å². The Morgan fingerprint density at radius 2 is 2.05 bits per heavy atom. The monoisotopic (exact) mass is 512 g/mol. The van der Waals surface area contributed by atoms with E-state index in [0.29, 0.717) is 41.2 Å². The van der Waals surface area contributed by atoms with Crippen LogP contribution in [0, 0.1) is 11.8 Å². The molecule has 1 fully saturated rings. The van der Waals surface area contributed by atoms with Gasteiger partial charge in [-0.1, -0.05) is 6.58 Å². The van der Waals surface area contributed by atoms with E-state index in [1.54, 1.807) is 17.0 Å². The molecule has 6 N–H and O–H groups in total. The second-order valence-electron chi connectivity index (χ2n) is 10.3. The molecule has 3 amide bonds. The van der Waals surface area contributed by atoms with E-state index in [4.69, 9.17) is 16.2 Å². The highest BCUT2D eigenvalue weighted by Crippen LogP contribution is 2.32. The van der Waals surface area contributed by atoms with Crippen LogP contribution in [0.5, 0.6) is 0 Å². The number of hydrogen-bond acceptors (Lipinski definition) is 7. The minimum atomic E-state index is -0.735. The number of nitrogens with zero attached hydrogens (tertiary/aromatic N) is 4. The third kappa shape index (κ3) is 7.07.